The molecular formula is C22H42O2. The lowest BCUT2D eigenvalue weighted by Gasteiger charge is -2.38. The Morgan fingerprint density at radius 2 is 1.29 bits per heavy atom. The molecule has 0 bridgehead atoms. The number of hydrogen-bond donors (Lipinski definition) is 1. The SMILES string of the molecule is CCCCCCCC1CCC(C(OO)C2CCC(CC)CC2)CC1. The monoisotopic (exact) mass is 338 g/mol. The lowest BCUT2D eigenvalue weighted by atomic mass is 9.70. The van der Waals surface area contributed by atoms with Gasteiger partial charge >= 0.3 is 0 Å². The van der Waals surface area contributed by atoms with Gasteiger partial charge in [-0.25, -0.2) is 4.89 Å². The van der Waals surface area contributed by atoms with E-state index in [4.69, 9.17) is 4.89 Å². The highest BCUT2D eigenvalue weighted by Gasteiger charge is 2.35. The standard InChI is InChI=1S/C22H42O2/c1-3-5-6-7-8-9-19-12-16-21(17-13-19)22(24-23)20-14-10-18(4-2)11-15-20/h18-23H,3-17H2,1-2H3. The van der Waals surface area contributed by atoms with Crippen LogP contribution in [-0.2, 0) is 4.89 Å². The molecular weight excluding hydrogens is 296 g/mol. The molecule has 0 spiro atoms. The van der Waals surface area contributed by atoms with Crippen LogP contribution < -0.4 is 0 Å². The van der Waals surface area contributed by atoms with Crippen LogP contribution in [-0.4, -0.2) is 11.4 Å². The van der Waals surface area contributed by atoms with Crippen LogP contribution in [0, 0.1) is 23.7 Å². The zero-order valence-electron chi connectivity index (χ0n) is 16.3. The molecule has 0 aliphatic heterocycles. The summed E-state index contributed by atoms with van der Waals surface area (Å²) in [5.74, 6) is 3.07. The summed E-state index contributed by atoms with van der Waals surface area (Å²) in [6.45, 7) is 4.60. The summed E-state index contributed by atoms with van der Waals surface area (Å²) in [4.78, 5) is 5.06. The van der Waals surface area contributed by atoms with Gasteiger partial charge in [0.25, 0.3) is 0 Å². The average Bonchev–Trinajstić information content (AvgIpc) is 2.64. The minimum atomic E-state index is 0.119. The third-order valence-electron chi connectivity index (χ3n) is 7.13. The van der Waals surface area contributed by atoms with E-state index in [1.807, 2.05) is 0 Å². The number of unbranched alkanes of at least 4 members (excludes halogenated alkanes) is 4. The first-order valence-corrected chi connectivity index (χ1v) is 11.1. The fraction of sp³-hybridized carbons (Fsp3) is 1.00. The molecule has 0 amide bonds. The maximum absolute atomic E-state index is 9.54. The smallest absolute Gasteiger partial charge is 0.0983 e. The van der Waals surface area contributed by atoms with Gasteiger partial charge in [-0.05, 0) is 49.4 Å². The van der Waals surface area contributed by atoms with Gasteiger partial charge in [-0.2, -0.15) is 0 Å². The molecule has 1 N–H and O–H groups in total. The summed E-state index contributed by atoms with van der Waals surface area (Å²) in [5, 5.41) is 9.54. The second-order valence-corrected chi connectivity index (χ2v) is 8.74. The number of rotatable bonds is 10. The summed E-state index contributed by atoms with van der Waals surface area (Å²) >= 11 is 0. The molecule has 2 aliphatic carbocycles. The average molecular weight is 339 g/mol. The van der Waals surface area contributed by atoms with E-state index < -0.39 is 0 Å². The first-order valence-electron chi connectivity index (χ1n) is 11.1. The topological polar surface area (TPSA) is 29.5 Å². The van der Waals surface area contributed by atoms with Crippen molar-refractivity contribution >= 4 is 0 Å². The highest BCUT2D eigenvalue weighted by Crippen LogP contribution is 2.41. The molecule has 0 aromatic rings. The van der Waals surface area contributed by atoms with Gasteiger partial charge in [0.15, 0.2) is 0 Å². The lowest BCUT2D eigenvalue weighted by molar-refractivity contribution is -0.307. The van der Waals surface area contributed by atoms with Crippen LogP contribution >= 0.6 is 0 Å². The second-order valence-electron chi connectivity index (χ2n) is 8.74. The van der Waals surface area contributed by atoms with Crippen molar-refractivity contribution in [3.8, 4) is 0 Å². The quantitative estimate of drug-likeness (QED) is 0.259. The molecule has 0 aromatic carbocycles. The molecule has 2 fully saturated rings. The van der Waals surface area contributed by atoms with Gasteiger partial charge in [0.05, 0.1) is 6.10 Å². The van der Waals surface area contributed by atoms with E-state index in [-0.39, 0.29) is 6.10 Å². The van der Waals surface area contributed by atoms with Crippen molar-refractivity contribution in [1.82, 2.24) is 0 Å². The van der Waals surface area contributed by atoms with Gasteiger partial charge in [0.1, 0.15) is 0 Å². The van der Waals surface area contributed by atoms with Crippen molar-refractivity contribution in [2.45, 2.75) is 116 Å². The minimum Gasteiger partial charge on any atom is -0.252 e. The fourth-order valence-corrected chi connectivity index (χ4v) is 5.32. The predicted molar refractivity (Wildman–Crippen MR) is 102 cm³/mol. The van der Waals surface area contributed by atoms with E-state index in [1.54, 1.807) is 0 Å². The van der Waals surface area contributed by atoms with Gasteiger partial charge in [0, 0.05) is 0 Å². The molecule has 142 valence electrons. The largest absolute Gasteiger partial charge is 0.252 e. The van der Waals surface area contributed by atoms with Gasteiger partial charge in [-0.3, -0.25) is 5.26 Å². The highest BCUT2D eigenvalue weighted by molar-refractivity contribution is 4.85. The molecule has 1 atom stereocenters. The first kappa shape index (κ1) is 20.2. The first-order chi connectivity index (χ1) is 11.8. The molecule has 2 rings (SSSR count). The molecule has 0 saturated heterocycles. The minimum absolute atomic E-state index is 0.119. The molecule has 2 heteroatoms. The maximum Gasteiger partial charge on any atom is 0.0983 e. The van der Waals surface area contributed by atoms with Gasteiger partial charge in [0.2, 0.25) is 0 Å². The number of hydrogen-bond acceptors (Lipinski definition) is 2. The Kier molecular flexibility index (Phi) is 9.71. The Morgan fingerprint density at radius 1 is 0.750 bits per heavy atom. The third-order valence-corrected chi connectivity index (χ3v) is 7.13. The van der Waals surface area contributed by atoms with Crippen LogP contribution in [0.25, 0.3) is 0 Å². The van der Waals surface area contributed by atoms with Crippen molar-refractivity contribution in [1.29, 1.82) is 0 Å². The second kappa shape index (κ2) is 11.5. The Balaban J connectivity index is 1.66. The van der Waals surface area contributed by atoms with Crippen LogP contribution in [0.15, 0.2) is 0 Å². The maximum atomic E-state index is 9.54. The van der Waals surface area contributed by atoms with E-state index in [0.29, 0.717) is 11.8 Å². The van der Waals surface area contributed by atoms with E-state index >= 15 is 0 Å². The van der Waals surface area contributed by atoms with Crippen LogP contribution in [0.2, 0.25) is 0 Å². The molecule has 1 unspecified atom stereocenters. The van der Waals surface area contributed by atoms with Crippen LogP contribution in [0.5, 0.6) is 0 Å². The Morgan fingerprint density at radius 3 is 1.79 bits per heavy atom. The molecule has 24 heavy (non-hydrogen) atoms. The zero-order valence-corrected chi connectivity index (χ0v) is 16.3. The Hall–Kier alpha value is -0.0800. The molecule has 0 heterocycles. The van der Waals surface area contributed by atoms with Crippen LogP contribution in [0.4, 0.5) is 0 Å². The molecule has 2 aliphatic rings. The molecule has 0 aromatic heterocycles. The normalized spacial score (nSPS) is 32.6. The molecule has 2 nitrogen and oxygen atoms in total. The fourth-order valence-electron chi connectivity index (χ4n) is 5.32. The van der Waals surface area contributed by atoms with Gasteiger partial charge in [-0.1, -0.05) is 84.5 Å². The Labute approximate surface area is 150 Å². The van der Waals surface area contributed by atoms with Crippen molar-refractivity contribution < 1.29 is 10.1 Å². The third kappa shape index (κ3) is 6.33. The summed E-state index contributed by atoms with van der Waals surface area (Å²) in [7, 11) is 0. The molecule has 0 radical (unpaired) electrons. The zero-order chi connectivity index (χ0) is 17.2. The van der Waals surface area contributed by atoms with Crippen molar-refractivity contribution in [3.63, 3.8) is 0 Å². The van der Waals surface area contributed by atoms with Crippen LogP contribution in [0.3, 0.4) is 0 Å². The van der Waals surface area contributed by atoms with Gasteiger partial charge in [-0.15, -0.1) is 0 Å². The molecule has 2 saturated carbocycles. The summed E-state index contributed by atoms with van der Waals surface area (Å²) in [6.07, 6.45) is 20.4. The predicted octanol–water partition coefficient (Wildman–Crippen LogP) is 7.23. The van der Waals surface area contributed by atoms with E-state index in [2.05, 4.69) is 13.8 Å². The highest BCUT2D eigenvalue weighted by atomic mass is 17.1. The summed E-state index contributed by atoms with van der Waals surface area (Å²) < 4.78 is 0. The van der Waals surface area contributed by atoms with Crippen LogP contribution in [0.1, 0.15) is 110 Å². The Bertz CT molecular complexity index is 301. The van der Waals surface area contributed by atoms with Crippen molar-refractivity contribution in [3.05, 3.63) is 0 Å². The van der Waals surface area contributed by atoms with E-state index in [1.165, 1.54) is 96.3 Å². The van der Waals surface area contributed by atoms with Gasteiger partial charge < -0.3 is 0 Å². The van der Waals surface area contributed by atoms with E-state index in [0.717, 1.165) is 11.8 Å². The van der Waals surface area contributed by atoms with Crippen molar-refractivity contribution in [2.75, 3.05) is 0 Å². The van der Waals surface area contributed by atoms with Crippen molar-refractivity contribution in [2.24, 2.45) is 23.7 Å². The summed E-state index contributed by atoms with van der Waals surface area (Å²) in [5.41, 5.74) is 0. The lowest BCUT2D eigenvalue weighted by Crippen LogP contribution is -2.36. The summed E-state index contributed by atoms with van der Waals surface area (Å²) in [6, 6.07) is 0. The van der Waals surface area contributed by atoms with E-state index in [9.17, 15) is 5.26 Å².